The highest BCUT2D eigenvalue weighted by Crippen LogP contribution is 2.40. The highest BCUT2D eigenvalue weighted by molar-refractivity contribution is 7.89. The van der Waals surface area contributed by atoms with Crippen molar-refractivity contribution in [1.82, 2.24) is 4.72 Å². The number of hydrogen-bond donors (Lipinski definition) is 3. The van der Waals surface area contributed by atoms with Gasteiger partial charge in [0.25, 0.3) is 0 Å². The maximum absolute atomic E-state index is 12.5. The van der Waals surface area contributed by atoms with Crippen molar-refractivity contribution in [2.75, 3.05) is 5.73 Å². The Morgan fingerprint density at radius 3 is 2.04 bits per heavy atom. The van der Waals surface area contributed by atoms with E-state index in [1.54, 1.807) is 12.1 Å². The minimum absolute atomic E-state index is 0.0983. The first-order valence-corrected chi connectivity index (χ1v) is 12.7. The van der Waals surface area contributed by atoms with Crippen molar-refractivity contribution in [2.45, 2.75) is 75.5 Å². The molecule has 24 heavy (non-hydrogen) atoms. The lowest BCUT2D eigenvalue weighted by atomic mass is 9.95. The van der Waals surface area contributed by atoms with Gasteiger partial charge in [0.1, 0.15) is 0 Å². The van der Waals surface area contributed by atoms with Gasteiger partial charge in [-0.3, -0.25) is 0 Å². The summed E-state index contributed by atoms with van der Waals surface area (Å²) in [6.45, 7) is 11.8. The van der Waals surface area contributed by atoms with Gasteiger partial charge in [-0.05, 0) is 69.1 Å². The molecule has 1 rings (SSSR count). The summed E-state index contributed by atoms with van der Waals surface area (Å²) in [5.41, 5.74) is 5.58. The van der Waals surface area contributed by atoms with Crippen LogP contribution in [0.4, 0.5) is 5.69 Å². The quantitative estimate of drug-likeness (QED) is 0.481. The van der Waals surface area contributed by atoms with Crippen molar-refractivity contribution >= 4 is 24.0 Å². The Morgan fingerprint density at radius 2 is 1.58 bits per heavy atom. The Morgan fingerprint density at radius 1 is 1.08 bits per heavy atom. The average molecular weight is 373 g/mol. The molecule has 5 nitrogen and oxygen atoms in total. The summed E-state index contributed by atoms with van der Waals surface area (Å²) < 4.78 is 27.8. The molecule has 0 fully saturated rings. The van der Waals surface area contributed by atoms with Gasteiger partial charge in [-0.2, -0.15) is 0 Å². The van der Waals surface area contributed by atoms with Crippen LogP contribution in [0.3, 0.4) is 0 Å². The molecule has 4 N–H and O–H groups in total. The molecule has 0 heterocycles. The van der Waals surface area contributed by atoms with Crippen LogP contribution in [0.2, 0.25) is 18.1 Å². The third-order valence-corrected chi connectivity index (χ3v) is 10.1. The van der Waals surface area contributed by atoms with Crippen LogP contribution in [0.25, 0.3) is 0 Å². The second-order valence-corrected chi connectivity index (χ2v) is 14.5. The van der Waals surface area contributed by atoms with Gasteiger partial charge in [-0.25, -0.2) is 13.1 Å². The number of anilines is 1. The average Bonchev–Trinajstić information content (AvgIpc) is 2.35. The SMILES string of the molecule is CC(C)(CCCC(C)(C)[Si](C)(C)O)NS(=O)(=O)c1ccc(N)cc1. The number of nitrogens with two attached hydrogens (primary N) is 1. The second-order valence-electron chi connectivity index (χ2n) is 8.35. The summed E-state index contributed by atoms with van der Waals surface area (Å²) in [5.74, 6) is 0. The van der Waals surface area contributed by atoms with E-state index in [2.05, 4.69) is 18.6 Å². The zero-order valence-corrected chi connectivity index (χ0v) is 17.5. The Kier molecular flexibility index (Phi) is 6.30. The topological polar surface area (TPSA) is 92.4 Å². The molecular weight excluding hydrogens is 340 g/mol. The molecule has 0 unspecified atom stereocenters. The fraction of sp³-hybridized carbons (Fsp3) is 0.647. The van der Waals surface area contributed by atoms with Crippen molar-refractivity contribution in [3.8, 4) is 0 Å². The molecular formula is C17H32N2O3SSi. The van der Waals surface area contributed by atoms with Crippen LogP contribution < -0.4 is 10.5 Å². The monoisotopic (exact) mass is 372 g/mol. The van der Waals surface area contributed by atoms with Gasteiger partial charge < -0.3 is 10.5 Å². The van der Waals surface area contributed by atoms with Gasteiger partial charge in [0, 0.05) is 11.2 Å². The van der Waals surface area contributed by atoms with E-state index in [9.17, 15) is 13.2 Å². The zero-order chi connectivity index (χ0) is 18.8. The van der Waals surface area contributed by atoms with Crippen molar-refractivity contribution in [3.63, 3.8) is 0 Å². The molecule has 0 aliphatic carbocycles. The van der Waals surface area contributed by atoms with Gasteiger partial charge in [-0.15, -0.1) is 0 Å². The Bertz CT molecular complexity index is 647. The fourth-order valence-corrected chi connectivity index (χ4v) is 4.63. The third kappa shape index (κ3) is 5.88. The first kappa shape index (κ1) is 21.2. The predicted molar refractivity (Wildman–Crippen MR) is 103 cm³/mol. The lowest BCUT2D eigenvalue weighted by molar-refractivity contribution is 0.375. The summed E-state index contributed by atoms with van der Waals surface area (Å²) in [6, 6.07) is 6.18. The van der Waals surface area contributed by atoms with Crippen molar-refractivity contribution in [1.29, 1.82) is 0 Å². The molecule has 0 saturated heterocycles. The van der Waals surface area contributed by atoms with Crippen LogP contribution in [-0.2, 0) is 10.0 Å². The number of sulfonamides is 1. The first-order valence-electron chi connectivity index (χ1n) is 8.28. The van der Waals surface area contributed by atoms with Crippen LogP contribution in [0.15, 0.2) is 29.2 Å². The van der Waals surface area contributed by atoms with Gasteiger partial charge in [0.2, 0.25) is 10.0 Å². The van der Waals surface area contributed by atoms with E-state index in [-0.39, 0.29) is 9.93 Å². The molecule has 0 radical (unpaired) electrons. The predicted octanol–water partition coefficient (Wildman–Crippen LogP) is 3.47. The number of nitrogens with one attached hydrogen (secondary N) is 1. The van der Waals surface area contributed by atoms with Crippen molar-refractivity contribution < 1.29 is 13.2 Å². The van der Waals surface area contributed by atoms with E-state index in [1.807, 2.05) is 26.9 Å². The maximum atomic E-state index is 12.5. The van der Waals surface area contributed by atoms with Crippen LogP contribution in [-0.4, -0.2) is 27.1 Å². The lowest BCUT2D eigenvalue weighted by Crippen LogP contribution is -2.44. The van der Waals surface area contributed by atoms with Gasteiger partial charge in [-0.1, -0.05) is 20.3 Å². The van der Waals surface area contributed by atoms with Crippen molar-refractivity contribution in [2.24, 2.45) is 0 Å². The molecule has 0 spiro atoms. The number of hydrogen-bond acceptors (Lipinski definition) is 4. The Balaban J connectivity index is 2.71. The molecule has 0 aliphatic heterocycles. The largest absolute Gasteiger partial charge is 0.432 e. The molecule has 0 bridgehead atoms. The highest BCUT2D eigenvalue weighted by Gasteiger charge is 2.38. The normalized spacial score (nSPS) is 14.0. The van der Waals surface area contributed by atoms with Crippen LogP contribution >= 0.6 is 0 Å². The van der Waals surface area contributed by atoms with Gasteiger partial charge in [0.05, 0.1) is 4.90 Å². The fourth-order valence-electron chi connectivity index (χ4n) is 2.40. The molecule has 0 aliphatic rings. The van der Waals surface area contributed by atoms with Crippen LogP contribution in [0.5, 0.6) is 0 Å². The summed E-state index contributed by atoms with van der Waals surface area (Å²) >= 11 is 0. The second kappa shape index (κ2) is 7.15. The minimum Gasteiger partial charge on any atom is -0.432 e. The van der Waals surface area contributed by atoms with Crippen LogP contribution in [0.1, 0.15) is 47.0 Å². The molecule has 0 aromatic heterocycles. The van der Waals surface area contributed by atoms with E-state index in [0.717, 1.165) is 12.8 Å². The Hall–Kier alpha value is -0.893. The molecule has 7 heteroatoms. The maximum Gasteiger partial charge on any atom is 0.241 e. The molecule has 1 aromatic carbocycles. The van der Waals surface area contributed by atoms with Gasteiger partial charge in [0.15, 0.2) is 8.32 Å². The van der Waals surface area contributed by atoms with Crippen molar-refractivity contribution in [3.05, 3.63) is 24.3 Å². The standard InChI is InChI=1S/C17H32N2O3SSi/c1-16(2,12-7-13-17(3,4)24(5,6)22)19-23(20,21)15-10-8-14(18)9-11-15/h8-11,19,22H,7,12-13,18H2,1-6H3. The molecule has 1 aromatic rings. The zero-order valence-electron chi connectivity index (χ0n) is 15.7. The lowest BCUT2D eigenvalue weighted by Gasteiger charge is -2.36. The molecule has 0 atom stereocenters. The van der Waals surface area contributed by atoms with E-state index in [4.69, 9.17) is 5.73 Å². The van der Waals surface area contributed by atoms with Gasteiger partial charge >= 0.3 is 0 Å². The summed E-state index contributed by atoms with van der Waals surface area (Å²) in [4.78, 5) is 10.6. The van der Waals surface area contributed by atoms with E-state index >= 15 is 0 Å². The molecule has 0 saturated carbocycles. The highest BCUT2D eigenvalue weighted by atomic mass is 32.2. The van der Waals surface area contributed by atoms with Crippen LogP contribution in [0, 0.1) is 0 Å². The van der Waals surface area contributed by atoms with E-state index in [0.29, 0.717) is 12.1 Å². The smallest absolute Gasteiger partial charge is 0.241 e. The van der Waals surface area contributed by atoms with E-state index < -0.39 is 23.9 Å². The third-order valence-electron chi connectivity index (χ3n) is 4.86. The number of nitrogen functional groups attached to an aromatic ring is 1. The molecule has 0 amide bonds. The summed E-state index contributed by atoms with van der Waals surface area (Å²) in [5, 5.41) is -0.0983. The summed E-state index contributed by atoms with van der Waals surface area (Å²) in [6.07, 6.45) is 2.42. The molecule has 138 valence electrons. The Labute approximate surface area is 147 Å². The summed E-state index contributed by atoms with van der Waals surface area (Å²) in [7, 11) is -5.81. The first-order chi connectivity index (χ1) is 10.7. The number of rotatable bonds is 8. The number of benzene rings is 1. The van der Waals surface area contributed by atoms with E-state index in [1.165, 1.54) is 12.1 Å². The minimum atomic E-state index is -3.58.